The molecule has 1 aromatic carbocycles. The SMILES string of the molecule is Cc1cc2c(c(C(C)(C)O)c1C)OCO2. The molecule has 0 spiro atoms. The lowest BCUT2D eigenvalue weighted by Crippen LogP contribution is -2.18. The maximum atomic E-state index is 10.1. The molecular weight excluding hydrogens is 192 g/mol. The molecular formula is C12H16O3. The summed E-state index contributed by atoms with van der Waals surface area (Å²) >= 11 is 0. The molecule has 0 atom stereocenters. The summed E-state index contributed by atoms with van der Waals surface area (Å²) < 4.78 is 10.7. The number of aryl methyl sites for hydroxylation is 1. The zero-order valence-electron chi connectivity index (χ0n) is 9.55. The van der Waals surface area contributed by atoms with Crippen LogP contribution in [0.2, 0.25) is 0 Å². The van der Waals surface area contributed by atoms with Crippen molar-refractivity contribution in [2.75, 3.05) is 6.79 Å². The van der Waals surface area contributed by atoms with E-state index in [4.69, 9.17) is 9.47 Å². The Hall–Kier alpha value is -1.22. The van der Waals surface area contributed by atoms with E-state index < -0.39 is 5.60 Å². The Balaban J connectivity index is 2.71. The molecule has 0 saturated carbocycles. The number of benzene rings is 1. The Morgan fingerprint density at radius 2 is 1.93 bits per heavy atom. The van der Waals surface area contributed by atoms with Crippen LogP contribution in [0, 0.1) is 13.8 Å². The standard InChI is InChI=1S/C12H16O3/c1-7-5-9-11(15-6-14-9)10(8(7)2)12(3,4)13/h5,13H,6H2,1-4H3. The second-order valence-electron chi connectivity index (χ2n) is 4.49. The van der Waals surface area contributed by atoms with E-state index in [1.807, 2.05) is 19.9 Å². The third kappa shape index (κ3) is 1.57. The van der Waals surface area contributed by atoms with Crippen LogP contribution < -0.4 is 9.47 Å². The van der Waals surface area contributed by atoms with Gasteiger partial charge in [0.2, 0.25) is 6.79 Å². The van der Waals surface area contributed by atoms with Crippen LogP contribution in [0.25, 0.3) is 0 Å². The zero-order chi connectivity index (χ0) is 11.2. The van der Waals surface area contributed by atoms with Crippen molar-refractivity contribution in [2.45, 2.75) is 33.3 Å². The predicted molar refractivity (Wildman–Crippen MR) is 57.3 cm³/mol. The normalized spacial score (nSPS) is 14.5. The van der Waals surface area contributed by atoms with Gasteiger partial charge in [0.05, 0.1) is 5.60 Å². The summed E-state index contributed by atoms with van der Waals surface area (Å²) in [5.41, 5.74) is 2.09. The number of hydrogen-bond donors (Lipinski definition) is 1. The first-order valence-electron chi connectivity index (χ1n) is 5.04. The van der Waals surface area contributed by atoms with Crippen molar-refractivity contribution >= 4 is 0 Å². The summed E-state index contributed by atoms with van der Waals surface area (Å²) in [6.07, 6.45) is 0. The molecule has 2 rings (SSSR count). The number of ether oxygens (including phenoxy) is 2. The number of hydrogen-bond acceptors (Lipinski definition) is 3. The second-order valence-corrected chi connectivity index (χ2v) is 4.49. The first-order valence-corrected chi connectivity index (χ1v) is 5.04. The molecule has 3 nitrogen and oxygen atoms in total. The van der Waals surface area contributed by atoms with E-state index in [0.717, 1.165) is 22.4 Å². The maximum Gasteiger partial charge on any atom is 0.231 e. The molecule has 0 saturated heterocycles. The molecule has 15 heavy (non-hydrogen) atoms. The van der Waals surface area contributed by atoms with Gasteiger partial charge in [-0.1, -0.05) is 0 Å². The molecule has 1 aromatic rings. The average molecular weight is 208 g/mol. The Bertz CT molecular complexity index is 402. The van der Waals surface area contributed by atoms with E-state index in [2.05, 4.69) is 0 Å². The van der Waals surface area contributed by atoms with E-state index >= 15 is 0 Å². The van der Waals surface area contributed by atoms with Crippen molar-refractivity contribution in [1.29, 1.82) is 0 Å². The van der Waals surface area contributed by atoms with Crippen LogP contribution in [0.15, 0.2) is 6.07 Å². The molecule has 0 aliphatic carbocycles. The fourth-order valence-electron chi connectivity index (χ4n) is 2.00. The summed E-state index contributed by atoms with van der Waals surface area (Å²) in [5.74, 6) is 1.42. The van der Waals surface area contributed by atoms with Gasteiger partial charge in [0, 0.05) is 5.56 Å². The van der Waals surface area contributed by atoms with Gasteiger partial charge in [-0.25, -0.2) is 0 Å². The van der Waals surface area contributed by atoms with Gasteiger partial charge >= 0.3 is 0 Å². The highest BCUT2D eigenvalue weighted by molar-refractivity contribution is 5.56. The van der Waals surface area contributed by atoms with Gasteiger partial charge in [0.1, 0.15) is 0 Å². The van der Waals surface area contributed by atoms with Crippen molar-refractivity contribution in [3.05, 3.63) is 22.8 Å². The van der Waals surface area contributed by atoms with Crippen molar-refractivity contribution in [1.82, 2.24) is 0 Å². The predicted octanol–water partition coefficient (Wildman–Crippen LogP) is 2.26. The van der Waals surface area contributed by atoms with Gasteiger partial charge in [-0.2, -0.15) is 0 Å². The first-order chi connectivity index (χ1) is 6.91. The molecule has 0 bridgehead atoms. The highest BCUT2D eigenvalue weighted by Crippen LogP contribution is 2.43. The second kappa shape index (κ2) is 3.14. The Kier molecular flexibility index (Phi) is 2.15. The molecule has 3 heteroatoms. The van der Waals surface area contributed by atoms with Crippen LogP contribution in [0.4, 0.5) is 0 Å². The van der Waals surface area contributed by atoms with Gasteiger partial charge in [0.15, 0.2) is 11.5 Å². The molecule has 1 N–H and O–H groups in total. The molecule has 1 heterocycles. The Morgan fingerprint density at radius 3 is 2.53 bits per heavy atom. The molecule has 1 aliphatic rings. The third-order valence-electron chi connectivity index (χ3n) is 2.79. The van der Waals surface area contributed by atoms with Gasteiger partial charge in [-0.05, 0) is 44.9 Å². The summed E-state index contributed by atoms with van der Waals surface area (Å²) in [6, 6.07) is 1.95. The lowest BCUT2D eigenvalue weighted by molar-refractivity contribution is 0.0736. The molecule has 1 aliphatic heterocycles. The third-order valence-corrected chi connectivity index (χ3v) is 2.79. The minimum Gasteiger partial charge on any atom is -0.454 e. The van der Waals surface area contributed by atoms with Gasteiger partial charge in [-0.15, -0.1) is 0 Å². The van der Waals surface area contributed by atoms with Crippen LogP contribution >= 0.6 is 0 Å². The summed E-state index contributed by atoms with van der Waals surface area (Å²) in [7, 11) is 0. The molecule has 0 radical (unpaired) electrons. The minimum absolute atomic E-state index is 0.237. The van der Waals surface area contributed by atoms with Crippen molar-refractivity contribution < 1.29 is 14.6 Å². The first kappa shape index (κ1) is 10.3. The highest BCUT2D eigenvalue weighted by Gasteiger charge is 2.30. The van der Waals surface area contributed by atoms with E-state index in [1.54, 1.807) is 13.8 Å². The number of rotatable bonds is 1. The van der Waals surface area contributed by atoms with Crippen LogP contribution in [0.1, 0.15) is 30.5 Å². The molecule has 0 fully saturated rings. The van der Waals surface area contributed by atoms with Gasteiger partial charge in [0.25, 0.3) is 0 Å². The Labute approximate surface area is 89.6 Å². The van der Waals surface area contributed by atoms with Gasteiger partial charge < -0.3 is 14.6 Å². The summed E-state index contributed by atoms with van der Waals surface area (Å²) in [6.45, 7) is 7.76. The fourth-order valence-corrected chi connectivity index (χ4v) is 2.00. The lowest BCUT2D eigenvalue weighted by atomic mass is 9.90. The van der Waals surface area contributed by atoms with E-state index in [9.17, 15) is 5.11 Å². The Morgan fingerprint density at radius 1 is 1.27 bits per heavy atom. The quantitative estimate of drug-likeness (QED) is 0.769. The zero-order valence-corrected chi connectivity index (χ0v) is 9.55. The summed E-state index contributed by atoms with van der Waals surface area (Å²) in [4.78, 5) is 0. The lowest BCUT2D eigenvalue weighted by Gasteiger charge is -2.23. The monoisotopic (exact) mass is 208 g/mol. The van der Waals surface area contributed by atoms with Crippen LogP contribution in [-0.2, 0) is 5.60 Å². The smallest absolute Gasteiger partial charge is 0.231 e. The molecule has 0 aromatic heterocycles. The minimum atomic E-state index is -0.909. The largest absolute Gasteiger partial charge is 0.454 e. The van der Waals surface area contributed by atoms with Crippen molar-refractivity contribution in [3.8, 4) is 11.5 Å². The van der Waals surface area contributed by atoms with E-state index in [1.165, 1.54) is 0 Å². The van der Waals surface area contributed by atoms with Crippen LogP contribution in [0.3, 0.4) is 0 Å². The van der Waals surface area contributed by atoms with Crippen LogP contribution in [-0.4, -0.2) is 11.9 Å². The van der Waals surface area contributed by atoms with Crippen molar-refractivity contribution in [3.63, 3.8) is 0 Å². The summed E-state index contributed by atoms with van der Waals surface area (Å²) in [5, 5.41) is 10.1. The topological polar surface area (TPSA) is 38.7 Å². The van der Waals surface area contributed by atoms with E-state index in [-0.39, 0.29) is 6.79 Å². The fraction of sp³-hybridized carbons (Fsp3) is 0.500. The molecule has 0 amide bonds. The number of aliphatic hydroxyl groups is 1. The highest BCUT2D eigenvalue weighted by atomic mass is 16.7. The van der Waals surface area contributed by atoms with Gasteiger partial charge in [-0.3, -0.25) is 0 Å². The molecule has 82 valence electrons. The van der Waals surface area contributed by atoms with Crippen molar-refractivity contribution in [2.24, 2.45) is 0 Å². The van der Waals surface area contributed by atoms with Crippen LogP contribution in [0.5, 0.6) is 11.5 Å². The number of fused-ring (bicyclic) bond motifs is 1. The molecule has 0 unspecified atom stereocenters. The maximum absolute atomic E-state index is 10.1. The van der Waals surface area contributed by atoms with E-state index in [0.29, 0.717) is 5.75 Å². The average Bonchev–Trinajstić information content (AvgIpc) is 2.50.